The Balaban J connectivity index is 1.70. The van der Waals surface area contributed by atoms with Gasteiger partial charge < -0.3 is 15.2 Å². The molecule has 1 aromatic heterocycles. The quantitative estimate of drug-likeness (QED) is 0.904. The first-order valence-electron chi connectivity index (χ1n) is 7.98. The van der Waals surface area contributed by atoms with Gasteiger partial charge in [-0.25, -0.2) is 0 Å². The van der Waals surface area contributed by atoms with Crippen LogP contribution in [0, 0.1) is 27.7 Å². The minimum Gasteiger partial charge on any atom is -0.361 e. The smallest absolute Gasteiger partial charge is 0.232 e. The van der Waals surface area contributed by atoms with Gasteiger partial charge in [-0.15, -0.1) is 0 Å². The van der Waals surface area contributed by atoms with Crippen LogP contribution in [0.2, 0.25) is 0 Å². The average molecular weight is 327 g/mol. The molecule has 0 saturated carbocycles. The molecular weight excluding hydrogens is 306 g/mol. The van der Waals surface area contributed by atoms with Gasteiger partial charge in [0.2, 0.25) is 11.8 Å². The van der Waals surface area contributed by atoms with Gasteiger partial charge in [0.1, 0.15) is 5.76 Å². The number of aryl methyl sites for hydroxylation is 3. The third-order valence-electron chi connectivity index (χ3n) is 4.74. The number of rotatable bonds is 4. The van der Waals surface area contributed by atoms with E-state index in [0.717, 1.165) is 33.6 Å². The second kappa shape index (κ2) is 6.11. The van der Waals surface area contributed by atoms with Crippen LogP contribution in [0.25, 0.3) is 0 Å². The molecule has 1 aromatic carbocycles. The molecule has 6 nitrogen and oxygen atoms in total. The summed E-state index contributed by atoms with van der Waals surface area (Å²) in [5.74, 6) is -0.0285. The molecular formula is C18H21N3O3. The molecule has 1 aliphatic rings. The van der Waals surface area contributed by atoms with Crippen molar-refractivity contribution in [2.75, 3.05) is 5.32 Å². The lowest BCUT2D eigenvalue weighted by Gasteiger charge is -2.11. The molecule has 2 N–H and O–H groups in total. The topological polar surface area (TPSA) is 84.2 Å². The van der Waals surface area contributed by atoms with Crippen molar-refractivity contribution in [1.82, 2.24) is 10.5 Å². The number of aromatic nitrogens is 1. The van der Waals surface area contributed by atoms with E-state index < -0.39 is 5.92 Å². The minimum absolute atomic E-state index is 0.119. The lowest BCUT2D eigenvalue weighted by atomic mass is 9.94. The first-order chi connectivity index (χ1) is 11.4. The maximum atomic E-state index is 12.3. The number of anilines is 1. The van der Waals surface area contributed by atoms with Gasteiger partial charge in [-0.05, 0) is 44.4 Å². The molecule has 2 aromatic rings. The number of nitrogens with zero attached hydrogens (tertiary/aromatic N) is 1. The summed E-state index contributed by atoms with van der Waals surface area (Å²) in [5, 5.41) is 9.62. The normalized spacial score (nSPS) is 16.0. The van der Waals surface area contributed by atoms with Gasteiger partial charge in [-0.2, -0.15) is 0 Å². The fourth-order valence-electron chi connectivity index (χ4n) is 3.05. The van der Waals surface area contributed by atoms with Crippen LogP contribution in [0.5, 0.6) is 0 Å². The number of benzene rings is 1. The fourth-order valence-corrected chi connectivity index (χ4v) is 3.05. The number of carbonyl (C=O) groups is 2. The van der Waals surface area contributed by atoms with E-state index >= 15 is 0 Å². The maximum absolute atomic E-state index is 12.3. The second-order valence-electron chi connectivity index (χ2n) is 6.30. The van der Waals surface area contributed by atoms with Crippen molar-refractivity contribution < 1.29 is 14.1 Å². The molecule has 0 aliphatic carbocycles. The number of hydrogen-bond acceptors (Lipinski definition) is 4. The largest absolute Gasteiger partial charge is 0.361 e. The Bertz CT molecular complexity index is 804. The number of nitrogens with one attached hydrogen (secondary N) is 2. The van der Waals surface area contributed by atoms with Crippen molar-refractivity contribution in [3.63, 3.8) is 0 Å². The Hall–Kier alpha value is -2.63. The first kappa shape index (κ1) is 16.2. The van der Waals surface area contributed by atoms with E-state index in [1.165, 1.54) is 0 Å². The van der Waals surface area contributed by atoms with Gasteiger partial charge in [-0.3, -0.25) is 9.59 Å². The van der Waals surface area contributed by atoms with Crippen molar-refractivity contribution in [3.05, 3.63) is 45.8 Å². The van der Waals surface area contributed by atoms with Gasteiger partial charge in [0.05, 0.1) is 11.6 Å². The molecule has 0 bridgehead atoms. The van der Waals surface area contributed by atoms with Crippen LogP contribution in [-0.4, -0.2) is 17.0 Å². The third kappa shape index (κ3) is 2.79. The molecule has 0 saturated heterocycles. The summed E-state index contributed by atoms with van der Waals surface area (Å²) in [6, 6.07) is 3.92. The Morgan fingerprint density at radius 2 is 2.04 bits per heavy atom. The molecule has 0 radical (unpaired) electrons. The summed E-state index contributed by atoms with van der Waals surface area (Å²) in [6.07, 6.45) is 0.130. The summed E-state index contributed by atoms with van der Waals surface area (Å²) in [6.45, 7) is 7.99. The van der Waals surface area contributed by atoms with E-state index in [2.05, 4.69) is 15.8 Å². The van der Waals surface area contributed by atoms with Crippen LogP contribution >= 0.6 is 0 Å². The van der Waals surface area contributed by atoms with E-state index in [9.17, 15) is 9.59 Å². The molecule has 1 aliphatic heterocycles. The Labute approximate surface area is 140 Å². The van der Waals surface area contributed by atoms with Crippen molar-refractivity contribution in [2.24, 2.45) is 0 Å². The molecule has 2 heterocycles. The van der Waals surface area contributed by atoms with Crippen molar-refractivity contribution in [2.45, 2.75) is 46.6 Å². The van der Waals surface area contributed by atoms with Gasteiger partial charge in [0.25, 0.3) is 0 Å². The first-order valence-corrected chi connectivity index (χ1v) is 7.98. The van der Waals surface area contributed by atoms with Crippen LogP contribution in [0.4, 0.5) is 5.69 Å². The highest BCUT2D eigenvalue weighted by atomic mass is 16.5. The van der Waals surface area contributed by atoms with E-state index in [4.69, 9.17) is 4.52 Å². The van der Waals surface area contributed by atoms with E-state index in [1.54, 1.807) is 0 Å². The van der Waals surface area contributed by atoms with E-state index in [0.29, 0.717) is 12.3 Å². The molecule has 1 atom stereocenters. The number of fused-ring (bicyclic) bond motifs is 1. The van der Waals surface area contributed by atoms with Crippen molar-refractivity contribution in [1.29, 1.82) is 0 Å². The lowest BCUT2D eigenvalue weighted by Crippen LogP contribution is -2.27. The Morgan fingerprint density at radius 1 is 1.29 bits per heavy atom. The molecule has 0 unspecified atom stereocenters. The van der Waals surface area contributed by atoms with Crippen molar-refractivity contribution in [3.8, 4) is 0 Å². The predicted molar refractivity (Wildman–Crippen MR) is 89.7 cm³/mol. The highest BCUT2D eigenvalue weighted by molar-refractivity contribution is 6.05. The zero-order valence-electron chi connectivity index (χ0n) is 14.3. The van der Waals surface area contributed by atoms with Crippen LogP contribution in [0.1, 0.15) is 46.0 Å². The van der Waals surface area contributed by atoms with Crippen LogP contribution in [0.15, 0.2) is 16.7 Å². The van der Waals surface area contributed by atoms with Gasteiger partial charge in [0.15, 0.2) is 0 Å². The van der Waals surface area contributed by atoms with Crippen LogP contribution < -0.4 is 10.6 Å². The minimum atomic E-state index is -0.441. The van der Waals surface area contributed by atoms with E-state index in [-0.39, 0.29) is 18.2 Å². The zero-order chi connectivity index (χ0) is 17.4. The molecule has 0 spiro atoms. The Morgan fingerprint density at radius 3 is 2.71 bits per heavy atom. The standard InChI is InChI=1S/C18H21N3O3/c1-9-5-6-13-14(18(23)20-17(13)10(9)2)7-16(22)19-8-15-11(3)21-24-12(15)4/h5-6,14H,7-8H2,1-4H3,(H,19,22)(H,20,23)/t14-/m0/s1. The Kier molecular flexibility index (Phi) is 4.13. The number of hydrogen-bond donors (Lipinski definition) is 2. The van der Waals surface area contributed by atoms with Crippen molar-refractivity contribution >= 4 is 17.5 Å². The van der Waals surface area contributed by atoms with Gasteiger partial charge >= 0.3 is 0 Å². The molecule has 2 amide bonds. The molecule has 3 rings (SSSR count). The third-order valence-corrected chi connectivity index (χ3v) is 4.74. The summed E-state index contributed by atoms with van der Waals surface area (Å²) in [4.78, 5) is 24.5. The summed E-state index contributed by atoms with van der Waals surface area (Å²) in [5.41, 5.74) is 5.57. The lowest BCUT2D eigenvalue weighted by molar-refractivity contribution is -0.125. The van der Waals surface area contributed by atoms with E-state index in [1.807, 2.05) is 39.8 Å². The summed E-state index contributed by atoms with van der Waals surface area (Å²) < 4.78 is 5.08. The van der Waals surface area contributed by atoms with Gasteiger partial charge in [0, 0.05) is 24.2 Å². The fraction of sp³-hybridized carbons (Fsp3) is 0.389. The molecule has 126 valence electrons. The second-order valence-corrected chi connectivity index (χ2v) is 6.30. The SMILES string of the molecule is Cc1ccc2c(c1C)NC(=O)[C@H]2CC(=O)NCc1c(C)noc1C. The zero-order valence-corrected chi connectivity index (χ0v) is 14.3. The maximum Gasteiger partial charge on any atom is 0.232 e. The van der Waals surface area contributed by atoms with Crippen LogP contribution in [-0.2, 0) is 16.1 Å². The summed E-state index contributed by atoms with van der Waals surface area (Å²) >= 11 is 0. The number of carbonyl (C=O) groups excluding carboxylic acids is 2. The predicted octanol–water partition coefficient (Wildman–Crippen LogP) is 2.65. The van der Waals surface area contributed by atoms with Crippen LogP contribution in [0.3, 0.4) is 0 Å². The number of amides is 2. The summed E-state index contributed by atoms with van der Waals surface area (Å²) in [7, 11) is 0. The average Bonchev–Trinajstić information content (AvgIpc) is 3.02. The highest BCUT2D eigenvalue weighted by Crippen LogP contribution is 2.38. The molecule has 6 heteroatoms. The molecule has 24 heavy (non-hydrogen) atoms. The highest BCUT2D eigenvalue weighted by Gasteiger charge is 2.33. The molecule has 0 fully saturated rings. The monoisotopic (exact) mass is 327 g/mol. The van der Waals surface area contributed by atoms with Gasteiger partial charge in [-0.1, -0.05) is 17.3 Å².